The molecule has 2 aromatic carbocycles. The Morgan fingerprint density at radius 3 is 2.25 bits per heavy atom. The molecule has 24 heavy (non-hydrogen) atoms. The molecule has 0 atom stereocenters. The number of carbonyl (C=O) groups is 2. The van der Waals surface area contributed by atoms with Gasteiger partial charge in [-0.2, -0.15) is 0 Å². The molecule has 0 saturated heterocycles. The summed E-state index contributed by atoms with van der Waals surface area (Å²) in [7, 11) is 0. The number of amides is 2. The summed E-state index contributed by atoms with van der Waals surface area (Å²) in [5.41, 5.74) is 2.76. The summed E-state index contributed by atoms with van der Waals surface area (Å²) >= 11 is 0. The highest BCUT2D eigenvalue weighted by atomic mass is 16.3. The predicted molar refractivity (Wildman–Crippen MR) is 92.2 cm³/mol. The maximum absolute atomic E-state index is 12.3. The smallest absolute Gasteiger partial charge is 0.291 e. The molecule has 120 valence electrons. The summed E-state index contributed by atoms with van der Waals surface area (Å²) in [4.78, 5) is 24.3. The summed E-state index contributed by atoms with van der Waals surface area (Å²) in [6.07, 6.45) is 1.43. The molecule has 0 saturated carbocycles. The average molecular weight is 320 g/mol. The Morgan fingerprint density at radius 2 is 1.54 bits per heavy atom. The first-order chi connectivity index (χ1) is 11.6. The topological polar surface area (TPSA) is 71.3 Å². The van der Waals surface area contributed by atoms with E-state index in [0.717, 1.165) is 11.3 Å². The van der Waals surface area contributed by atoms with Gasteiger partial charge in [0.1, 0.15) is 0 Å². The normalized spacial score (nSPS) is 10.2. The number of benzene rings is 2. The molecule has 2 amide bonds. The number of rotatable bonds is 4. The zero-order valence-corrected chi connectivity index (χ0v) is 13.1. The van der Waals surface area contributed by atoms with Gasteiger partial charge in [-0.15, -0.1) is 0 Å². The lowest BCUT2D eigenvalue weighted by atomic mass is 10.1. The second kappa shape index (κ2) is 6.83. The monoisotopic (exact) mass is 320 g/mol. The fourth-order valence-electron chi connectivity index (χ4n) is 2.26. The van der Waals surface area contributed by atoms with Crippen molar-refractivity contribution in [2.75, 3.05) is 10.6 Å². The van der Waals surface area contributed by atoms with Gasteiger partial charge in [0.05, 0.1) is 6.26 Å². The van der Waals surface area contributed by atoms with E-state index >= 15 is 0 Å². The van der Waals surface area contributed by atoms with Gasteiger partial charge >= 0.3 is 0 Å². The minimum Gasteiger partial charge on any atom is -0.459 e. The van der Waals surface area contributed by atoms with Crippen LogP contribution in [0.15, 0.2) is 71.3 Å². The lowest BCUT2D eigenvalue weighted by molar-refractivity contribution is 0.0993. The van der Waals surface area contributed by atoms with Crippen molar-refractivity contribution >= 4 is 23.2 Å². The molecule has 0 spiro atoms. The molecule has 0 radical (unpaired) electrons. The summed E-state index contributed by atoms with van der Waals surface area (Å²) in [6, 6.07) is 17.5. The Morgan fingerprint density at radius 1 is 0.833 bits per heavy atom. The van der Waals surface area contributed by atoms with Crippen LogP contribution in [-0.4, -0.2) is 11.8 Å². The van der Waals surface area contributed by atoms with Gasteiger partial charge in [0.15, 0.2) is 5.76 Å². The third-order valence-corrected chi connectivity index (χ3v) is 3.40. The minimum atomic E-state index is -0.365. The molecular formula is C19H16N2O3. The maximum Gasteiger partial charge on any atom is 0.291 e. The number of hydrogen-bond donors (Lipinski definition) is 2. The lowest BCUT2D eigenvalue weighted by Gasteiger charge is -2.08. The van der Waals surface area contributed by atoms with E-state index in [2.05, 4.69) is 10.6 Å². The van der Waals surface area contributed by atoms with Gasteiger partial charge in [-0.1, -0.05) is 18.2 Å². The first kappa shape index (κ1) is 15.6. The van der Waals surface area contributed by atoms with Gasteiger partial charge in [-0.3, -0.25) is 9.59 Å². The molecular weight excluding hydrogens is 304 g/mol. The highest BCUT2D eigenvalue weighted by molar-refractivity contribution is 6.06. The number of anilines is 2. The Kier molecular flexibility index (Phi) is 4.43. The highest BCUT2D eigenvalue weighted by Crippen LogP contribution is 2.15. The van der Waals surface area contributed by atoms with Gasteiger partial charge in [0.25, 0.3) is 11.8 Å². The third kappa shape index (κ3) is 3.70. The van der Waals surface area contributed by atoms with Crippen LogP contribution in [0.3, 0.4) is 0 Å². The van der Waals surface area contributed by atoms with E-state index in [9.17, 15) is 9.59 Å². The van der Waals surface area contributed by atoms with Crippen LogP contribution in [0, 0.1) is 6.92 Å². The molecule has 3 aromatic rings. The molecule has 0 bridgehead atoms. The van der Waals surface area contributed by atoms with E-state index in [0.29, 0.717) is 11.3 Å². The molecule has 0 aliphatic heterocycles. The van der Waals surface area contributed by atoms with Crippen LogP contribution in [0.2, 0.25) is 0 Å². The Hall–Kier alpha value is -3.34. The first-order valence-corrected chi connectivity index (χ1v) is 7.45. The molecule has 1 aromatic heterocycles. The third-order valence-electron chi connectivity index (χ3n) is 3.40. The van der Waals surface area contributed by atoms with E-state index in [4.69, 9.17) is 4.42 Å². The molecule has 3 rings (SSSR count). The Bertz CT molecular complexity index is 870. The van der Waals surface area contributed by atoms with Crippen molar-refractivity contribution in [3.63, 3.8) is 0 Å². The SMILES string of the molecule is Cc1cccc(NC(=O)c2cccc(NC(=O)c3ccco3)c2)c1. The summed E-state index contributed by atoms with van der Waals surface area (Å²) < 4.78 is 5.04. The van der Waals surface area contributed by atoms with Gasteiger partial charge in [0.2, 0.25) is 0 Å². The molecule has 5 heteroatoms. The van der Waals surface area contributed by atoms with Crippen molar-refractivity contribution in [2.45, 2.75) is 6.92 Å². The quantitative estimate of drug-likeness (QED) is 0.760. The van der Waals surface area contributed by atoms with Crippen LogP contribution >= 0.6 is 0 Å². The summed E-state index contributed by atoms with van der Waals surface area (Å²) in [6.45, 7) is 1.96. The van der Waals surface area contributed by atoms with E-state index in [-0.39, 0.29) is 17.6 Å². The van der Waals surface area contributed by atoms with Crippen LogP contribution in [0.4, 0.5) is 11.4 Å². The minimum absolute atomic E-state index is 0.213. The van der Waals surface area contributed by atoms with E-state index in [1.807, 2.05) is 31.2 Å². The number of aryl methyl sites for hydroxylation is 1. The molecule has 2 N–H and O–H groups in total. The number of nitrogens with one attached hydrogen (secondary N) is 2. The average Bonchev–Trinajstić information content (AvgIpc) is 3.10. The highest BCUT2D eigenvalue weighted by Gasteiger charge is 2.11. The zero-order valence-electron chi connectivity index (χ0n) is 13.1. The van der Waals surface area contributed by atoms with Crippen molar-refractivity contribution in [1.29, 1.82) is 0 Å². The molecule has 0 aliphatic carbocycles. The number of hydrogen-bond acceptors (Lipinski definition) is 3. The van der Waals surface area contributed by atoms with Crippen molar-refractivity contribution in [2.24, 2.45) is 0 Å². The standard InChI is InChI=1S/C19H16N2O3/c1-13-5-2-7-15(11-13)20-18(22)14-6-3-8-16(12-14)21-19(23)17-9-4-10-24-17/h2-12H,1H3,(H,20,22)(H,21,23). The van der Waals surface area contributed by atoms with Crippen LogP contribution in [0.25, 0.3) is 0 Å². The number of carbonyl (C=O) groups excluding carboxylic acids is 2. The fraction of sp³-hybridized carbons (Fsp3) is 0.0526. The van der Waals surface area contributed by atoms with Gasteiger partial charge in [0, 0.05) is 16.9 Å². The largest absolute Gasteiger partial charge is 0.459 e. The van der Waals surface area contributed by atoms with Crippen LogP contribution in [0.1, 0.15) is 26.5 Å². The van der Waals surface area contributed by atoms with Crippen LogP contribution in [0.5, 0.6) is 0 Å². The second-order valence-corrected chi connectivity index (χ2v) is 5.34. The van der Waals surface area contributed by atoms with Gasteiger partial charge in [-0.05, 0) is 55.0 Å². The van der Waals surface area contributed by atoms with Crippen molar-refractivity contribution in [3.05, 3.63) is 83.8 Å². The molecule has 0 fully saturated rings. The van der Waals surface area contributed by atoms with Crippen molar-refractivity contribution in [1.82, 2.24) is 0 Å². The molecule has 0 unspecified atom stereocenters. The molecule has 5 nitrogen and oxygen atoms in total. The number of furan rings is 1. The van der Waals surface area contributed by atoms with Crippen LogP contribution < -0.4 is 10.6 Å². The van der Waals surface area contributed by atoms with E-state index in [1.54, 1.807) is 36.4 Å². The Labute approximate surface area is 139 Å². The summed E-state index contributed by atoms with van der Waals surface area (Å²) in [5.74, 6) is -0.393. The fourth-order valence-corrected chi connectivity index (χ4v) is 2.26. The van der Waals surface area contributed by atoms with Crippen LogP contribution in [-0.2, 0) is 0 Å². The first-order valence-electron chi connectivity index (χ1n) is 7.45. The lowest BCUT2D eigenvalue weighted by Crippen LogP contribution is -2.14. The van der Waals surface area contributed by atoms with Crippen molar-refractivity contribution < 1.29 is 14.0 Å². The summed E-state index contributed by atoms with van der Waals surface area (Å²) in [5, 5.41) is 5.54. The van der Waals surface area contributed by atoms with E-state index in [1.165, 1.54) is 6.26 Å². The van der Waals surface area contributed by atoms with Gasteiger partial charge in [-0.25, -0.2) is 0 Å². The second-order valence-electron chi connectivity index (χ2n) is 5.34. The van der Waals surface area contributed by atoms with E-state index < -0.39 is 0 Å². The van der Waals surface area contributed by atoms with Gasteiger partial charge < -0.3 is 15.1 Å². The molecule has 1 heterocycles. The molecule has 0 aliphatic rings. The zero-order chi connectivity index (χ0) is 16.9. The maximum atomic E-state index is 12.3. The Balaban J connectivity index is 1.72. The van der Waals surface area contributed by atoms with Crippen molar-refractivity contribution in [3.8, 4) is 0 Å². The predicted octanol–water partition coefficient (Wildman–Crippen LogP) is 4.09.